The summed E-state index contributed by atoms with van der Waals surface area (Å²) in [4.78, 5) is 13.8. The number of nitrogens with one attached hydrogen (secondary N) is 1. The summed E-state index contributed by atoms with van der Waals surface area (Å²) in [5, 5.41) is 2.94. The van der Waals surface area contributed by atoms with Crippen molar-refractivity contribution in [3.8, 4) is 0 Å². The molecule has 1 rings (SSSR count). The SMILES string of the molecule is Cc1ccc(NC(=O)CN(C)C(C)C)c(C)c1. The number of hydrogen-bond acceptors (Lipinski definition) is 2. The van der Waals surface area contributed by atoms with E-state index < -0.39 is 0 Å². The summed E-state index contributed by atoms with van der Waals surface area (Å²) in [5.74, 6) is 0.0353. The van der Waals surface area contributed by atoms with Gasteiger partial charge in [0.2, 0.25) is 5.91 Å². The summed E-state index contributed by atoms with van der Waals surface area (Å²) in [6.45, 7) is 8.62. The fourth-order valence-electron chi connectivity index (χ4n) is 1.55. The lowest BCUT2D eigenvalue weighted by Crippen LogP contribution is -2.34. The molecular weight excluding hydrogens is 212 g/mol. The van der Waals surface area contributed by atoms with Gasteiger partial charge in [-0.25, -0.2) is 0 Å². The fraction of sp³-hybridized carbons (Fsp3) is 0.500. The van der Waals surface area contributed by atoms with E-state index in [1.54, 1.807) is 0 Å². The van der Waals surface area contributed by atoms with Crippen LogP contribution in [0.1, 0.15) is 25.0 Å². The van der Waals surface area contributed by atoms with E-state index in [9.17, 15) is 4.79 Å². The van der Waals surface area contributed by atoms with Crippen molar-refractivity contribution >= 4 is 11.6 Å². The third kappa shape index (κ3) is 4.19. The van der Waals surface area contributed by atoms with Gasteiger partial charge in [0.05, 0.1) is 6.54 Å². The maximum atomic E-state index is 11.8. The zero-order valence-corrected chi connectivity index (χ0v) is 11.4. The Morgan fingerprint density at radius 1 is 1.35 bits per heavy atom. The van der Waals surface area contributed by atoms with Crippen molar-refractivity contribution in [2.24, 2.45) is 0 Å². The van der Waals surface area contributed by atoms with Crippen LogP contribution >= 0.6 is 0 Å². The number of aryl methyl sites for hydroxylation is 2. The van der Waals surface area contributed by atoms with Crippen LogP contribution in [0.25, 0.3) is 0 Å². The first-order valence-electron chi connectivity index (χ1n) is 5.97. The van der Waals surface area contributed by atoms with E-state index in [2.05, 4.69) is 25.2 Å². The van der Waals surface area contributed by atoms with Crippen LogP contribution in [0, 0.1) is 13.8 Å². The van der Waals surface area contributed by atoms with Crippen LogP contribution in [0.2, 0.25) is 0 Å². The highest BCUT2D eigenvalue weighted by molar-refractivity contribution is 5.92. The normalized spacial score (nSPS) is 11.0. The van der Waals surface area contributed by atoms with Crippen molar-refractivity contribution < 1.29 is 4.79 Å². The molecule has 0 aliphatic heterocycles. The molecule has 1 aromatic carbocycles. The van der Waals surface area contributed by atoms with Gasteiger partial charge in [-0.1, -0.05) is 17.7 Å². The van der Waals surface area contributed by atoms with E-state index in [-0.39, 0.29) is 5.91 Å². The second-order valence-electron chi connectivity index (χ2n) is 4.88. The van der Waals surface area contributed by atoms with Gasteiger partial charge >= 0.3 is 0 Å². The highest BCUT2D eigenvalue weighted by Crippen LogP contribution is 2.15. The molecule has 0 spiro atoms. The van der Waals surface area contributed by atoms with E-state index in [0.29, 0.717) is 12.6 Å². The molecule has 94 valence electrons. The molecule has 3 heteroatoms. The monoisotopic (exact) mass is 234 g/mol. The Hall–Kier alpha value is -1.35. The molecule has 17 heavy (non-hydrogen) atoms. The lowest BCUT2D eigenvalue weighted by Gasteiger charge is -2.20. The summed E-state index contributed by atoms with van der Waals surface area (Å²) in [7, 11) is 1.95. The molecule has 0 fully saturated rings. The minimum Gasteiger partial charge on any atom is -0.325 e. The summed E-state index contributed by atoms with van der Waals surface area (Å²) < 4.78 is 0. The van der Waals surface area contributed by atoms with E-state index in [1.807, 2.05) is 37.9 Å². The molecule has 0 saturated carbocycles. The average Bonchev–Trinajstić information content (AvgIpc) is 2.22. The molecule has 0 radical (unpaired) electrons. The van der Waals surface area contributed by atoms with Crippen LogP contribution in [0.15, 0.2) is 18.2 Å². The first kappa shape index (κ1) is 13.7. The lowest BCUT2D eigenvalue weighted by atomic mass is 10.1. The third-order valence-corrected chi connectivity index (χ3v) is 2.93. The quantitative estimate of drug-likeness (QED) is 0.868. The van der Waals surface area contributed by atoms with Gasteiger partial charge in [-0.15, -0.1) is 0 Å². The number of hydrogen-bond donors (Lipinski definition) is 1. The van der Waals surface area contributed by atoms with E-state index in [0.717, 1.165) is 11.3 Å². The van der Waals surface area contributed by atoms with E-state index >= 15 is 0 Å². The van der Waals surface area contributed by atoms with Crippen molar-refractivity contribution in [3.63, 3.8) is 0 Å². The van der Waals surface area contributed by atoms with Crippen molar-refractivity contribution in [2.75, 3.05) is 18.9 Å². The summed E-state index contributed by atoms with van der Waals surface area (Å²) in [5.41, 5.74) is 3.21. The van der Waals surface area contributed by atoms with Crippen molar-refractivity contribution in [3.05, 3.63) is 29.3 Å². The standard InChI is InChI=1S/C14H22N2O/c1-10(2)16(5)9-14(17)15-13-7-6-11(3)8-12(13)4/h6-8,10H,9H2,1-5H3,(H,15,17). The number of carbonyl (C=O) groups is 1. The topological polar surface area (TPSA) is 32.3 Å². The molecule has 0 aliphatic carbocycles. The molecule has 1 aromatic rings. The van der Waals surface area contributed by atoms with E-state index in [4.69, 9.17) is 0 Å². The minimum absolute atomic E-state index is 0.0353. The highest BCUT2D eigenvalue weighted by atomic mass is 16.2. The Labute approximate surface area is 104 Å². The largest absolute Gasteiger partial charge is 0.325 e. The Kier molecular flexibility index (Phi) is 4.70. The van der Waals surface area contributed by atoms with Gasteiger partial charge in [-0.3, -0.25) is 9.69 Å². The fourth-order valence-corrected chi connectivity index (χ4v) is 1.55. The smallest absolute Gasteiger partial charge is 0.238 e. The number of likely N-dealkylation sites (N-methyl/N-ethyl adjacent to an activating group) is 1. The zero-order chi connectivity index (χ0) is 13.0. The molecular formula is C14H22N2O. The molecule has 0 unspecified atom stereocenters. The van der Waals surface area contributed by atoms with Gasteiger partial charge < -0.3 is 5.32 Å². The van der Waals surface area contributed by atoms with Crippen LogP contribution < -0.4 is 5.32 Å². The molecule has 0 atom stereocenters. The van der Waals surface area contributed by atoms with Crippen LogP contribution in [0.5, 0.6) is 0 Å². The maximum absolute atomic E-state index is 11.8. The van der Waals surface area contributed by atoms with Crippen LogP contribution in [-0.4, -0.2) is 30.4 Å². The Morgan fingerprint density at radius 2 is 2.00 bits per heavy atom. The molecule has 1 amide bonds. The summed E-state index contributed by atoms with van der Waals surface area (Å²) in [6, 6.07) is 6.41. The molecule has 0 aromatic heterocycles. The average molecular weight is 234 g/mol. The zero-order valence-electron chi connectivity index (χ0n) is 11.4. The van der Waals surface area contributed by atoms with Gasteiger partial charge in [0.1, 0.15) is 0 Å². The number of rotatable bonds is 4. The van der Waals surface area contributed by atoms with Crippen LogP contribution in [-0.2, 0) is 4.79 Å². The van der Waals surface area contributed by atoms with Crippen LogP contribution in [0.3, 0.4) is 0 Å². The number of amides is 1. The van der Waals surface area contributed by atoms with Gasteiger partial charge in [0.15, 0.2) is 0 Å². The van der Waals surface area contributed by atoms with Gasteiger partial charge in [0.25, 0.3) is 0 Å². The van der Waals surface area contributed by atoms with Gasteiger partial charge in [-0.2, -0.15) is 0 Å². The molecule has 0 heterocycles. The second-order valence-corrected chi connectivity index (χ2v) is 4.88. The molecule has 0 bridgehead atoms. The van der Waals surface area contributed by atoms with Crippen molar-refractivity contribution in [1.29, 1.82) is 0 Å². The minimum atomic E-state index is 0.0353. The van der Waals surface area contributed by atoms with Gasteiger partial charge in [-0.05, 0) is 46.4 Å². The predicted octanol–water partition coefficient (Wildman–Crippen LogP) is 2.58. The number of benzene rings is 1. The van der Waals surface area contributed by atoms with E-state index in [1.165, 1.54) is 5.56 Å². The second kappa shape index (κ2) is 5.82. The summed E-state index contributed by atoms with van der Waals surface area (Å²) >= 11 is 0. The predicted molar refractivity (Wildman–Crippen MR) is 72.3 cm³/mol. The lowest BCUT2D eigenvalue weighted by molar-refractivity contribution is -0.117. The first-order chi connectivity index (χ1) is 7.90. The number of carbonyl (C=O) groups excluding carboxylic acids is 1. The molecule has 0 saturated heterocycles. The van der Waals surface area contributed by atoms with Crippen LogP contribution in [0.4, 0.5) is 5.69 Å². The molecule has 0 aliphatic rings. The van der Waals surface area contributed by atoms with Gasteiger partial charge in [0, 0.05) is 11.7 Å². The molecule has 3 nitrogen and oxygen atoms in total. The maximum Gasteiger partial charge on any atom is 0.238 e. The summed E-state index contributed by atoms with van der Waals surface area (Å²) in [6.07, 6.45) is 0. The Bertz CT molecular complexity index is 399. The Morgan fingerprint density at radius 3 is 2.53 bits per heavy atom. The first-order valence-corrected chi connectivity index (χ1v) is 5.97. The Balaban J connectivity index is 2.62. The number of anilines is 1. The molecule has 1 N–H and O–H groups in total. The van der Waals surface area contributed by atoms with Crippen molar-refractivity contribution in [1.82, 2.24) is 4.90 Å². The number of nitrogens with zero attached hydrogens (tertiary/aromatic N) is 1. The third-order valence-electron chi connectivity index (χ3n) is 2.93. The highest BCUT2D eigenvalue weighted by Gasteiger charge is 2.10. The van der Waals surface area contributed by atoms with Crippen molar-refractivity contribution in [2.45, 2.75) is 33.7 Å².